The Bertz CT molecular complexity index is 1540. The SMILES string of the molecule is Cc1cc(C)c(S(=O)(=O)[O-])c(C)c1.Cc1cc(C)c(S(=O)(=O)[O-])c(C)c1.N[n+]1ccccc1-c1cccc[nH+]1. The first-order chi connectivity index (χ1) is 18.0. The van der Waals surface area contributed by atoms with Gasteiger partial charge in [-0.05, 0) is 75.9 Å². The van der Waals surface area contributed by atoms with E-state index in [1.165, 1.54) is 0 Å². The molecule has 11 heteroatoms. The molecule has 0 radical (unpaired) electrons. The Balaban J connectivity index is 0.000000205. The quantitative estimate of drug-likeness (QED) is 0.225. The number of nitrogens with zero attached hydrogens (tertiary/aromatic N) is 1. The lowest BCUT2D eigenvalue weighted by atomic mass is 10.1. The zero-order chi connectivity index (χ0) is 29.5. The number of hydrogen-bond donors (Lipinski definition) is 1. The van der Waals surface area contributed by atoms with E-state index in [1.807, 2.05) is 62.6 Å². The van der Waals surface area contributed by atoms with Crippen LogP contribution in [-0.4, -0.2) is 25.9 Å². The van der Waals surface area contributed by atoms with E-state index in [2.05, 4.69) is 4.98 Å². The summed E-state index contributed by atoms with van der Waals surface area (Å²) in [5.74, 6) is 5.75. The zero-order valence-corrected chi connectivity index (χ0v) is 24.4. The van der Waals surface area contributed by atoms with Crippen LogP contribution in [0, 0.1) is 41.5 Å². The molecule has 0 fully saturated rings. The second kappa shape index (κ2) is 12.9. The van der Waals surface area contributed by atoms with Crippen LogP contribution < -0.4 is 15.5 Å². The highest BCUT2D eigenvalue weighted by molar-refractivity contribution is 7.86. The first kappa shape index (κ1) is 31.6. The van der Waals surface area contributed by atoms with Gasteiger partial charge >= 0.3 is 5.69 Å². The van der Waals surface area contributed by atoms with Gasteiger partial charge in [0.05, 0.1) is 9.79 Å². The van der Waals surface area contributed by atoms with Crippen molar-refractivity contribution in [2.24, 2.45) is 0 Å². The van der Waals surface area contributed by atoms with Gasteiger partial charge in [-0.1, -0.05) is 40.1 Å². The molecule has 39 heavy (non-hydrogen) atoms. The van der Waals surface area contributed by atoms with Crippen molar-refractivity contribution in [1.29, 1.82) is 0 Å². The summed E-state index contributed by atoms with van der Waals surface area (Å²) in [5.41, 5.74) is 5.97. The van der Waals surface area contributed by atoms with Gasteiger partial charge in [0, 0.05) is 24.3 Å². The van der Waals surface area contributed by atoms with Crippen LogP contribution in [-0.2, 0) is 20.2 Å². The van der Waals surface area contributed by atoms with E-state index in [4.69, 9.17) is 5.84 Å². The van der Waals surface area contributed by atoms with E-state index in [9.17, 15) is 25.9 Å². The van der Waals surface area contributed by atoms with Crippen LogP contribution in [0.5, 0.6) is 0 Å². The minimum atomic E-state index is -4.33. The largest absolute Gasteiger partial charge is 0.744 e. The molecule has 0 aliphatic rings. The number of rotatable bonds is 3. The molecule has 9 nitrogen and oxygen atoms in total. The highest BCUT2D eigenvalue weighted by atomic mass is 32.2. The predicted octanol–water partition coefficient (Wildman–Crippen LogP) is 3.20. The molecule has 0 saturated carbocycles. The third-order valence-electron chi connectivity index (χ3n) is 5.58. The van der Waals surface area contributed by atoms with Crippen molar-refractivity contribution in [1.82, 2.24) is 0 Å². The molecule has 0 atom stereocenters. The van der Waals surface area contributed by atoms with Crippen LogP contribution in [0.1, 0.15) is 33.4 Å². The lowest BCUT2D eigenvalue weighted by Gasteiger charge is -2.14. The van der Waals surface area contributed by atoms with Crippen LogP contribution in [0.25, 0.3) is 11.4 Å². The Morgan fingerprint density at radius 2 is 1.08 bits per heavy atom. The second-order valence-corrected chi connectivity index (χ2v) is 11.8. The third kappa shape index (κ3) is 8.96. The maximum atomic E-state index is 10.8. The predicted molar refractivity (Wildman–Crippen MR) is 146 cm³/mol. The average Bonchev–Trinajstić information content (AvgIpc) is 2.77. The lowest BCUT2D eigenvalue weighted by molar-refractivity contribution is -0.631. The molecule has 0 amide bonds. The van der Waals surface area contributed by atoms with Gasteiger partial charge in [0.1, 0.15) is 20.2 Å². The van der Waals surface area contributed by atoms with Crippen LogP contribution in [0.4, 0.5) is 0 Å². The Morgan fingerprint density at radius 1 is 0.667 bits per heavy atom. The minimum Gasteiger partial charge on any atom is -0.744 e. The Kier molecular flexibility index (Phi) is 10.5. The van der Waals surface area contributed by atoms with Gasteiger partial charge in [-0.3, -0.25) is 0 Å². The fourth-order valence-electron chi connectivity index (χ4n) is 4.36. The molecule has 0 saturated heterocycles. The van der Waals surface area contributed by atoms with Crippen molar-refractivity contribution >= 4 is 20.2 Å². The van der Waals surface area contributed by atoms with Gasteiger partial charge in [0.2, 0.25) is 0 Å². The molecule has 2 aromatic heterocycles. The van der Waals surface area contributed by atoms with Gasteiger partial charge < -0.3 is 9.11 Å². The molecule has 2 heterocycles. The molecule has 0 unspecified atom stereocenters. The molecule has 0 aliphatic carbocycles. The highest BCUT2D eigenvalue weighted by Crippen LogP contribution is 2.21. The van der Waals surface area contributed by atoms with Crippen molar-refractivity contribution in [3.05, 3.63) is 106 Å². The topological polar surface area (TPSA) is 158 Å². The van der Waals surface area contributed by atoms with Gasteiger partial charge in [-0.25, -0.2) is 27.7 Å². The van der Waals surface area contributed by atoms with E-state index in [-0.39, 0.29) is 9.79 Å². The number of nitrogen functional groups attached to an aromatic ring is 1. The number of aromatic nitrogens is 2. The van der Waals surface area contributed by atoms with Crippen LogP contribution in [0.15, 0.2) is 82.8 Å². The standard InChI is InChI=1S/C10H10N3.2C9H12O3S/c11-13-8-4-2-6-10(13)9-5-1-3-7-12-9;2*1-6-4-7(2)9(8(3)5-6)13(10,11)12/h1-8H,11H2;2*4-5H,1-3H3,(H,10,11,12)/q+1;;/p-1. The summed E-state index contributed by atoms with van der Waals surface area (Å²) in [5, 5.41) is 0. The van der Waals surface area contributed by atoms with Gasteiger partial charge in [0.15, 0.2) is 12.4 Å². The fourth-order valence-corrected chi connectivity index (χ4v) is 6.17. The number of H-pyrrole nitrogens is 1. The summed E-state index contributed by atoms with van der Waals surface area (Å²) in [7, 11) is -8.66. The number of aryl methyl sites for hydroxylation is 6. The fraction of sp³-hybridized carbons (Fsp3) is 0.214. The van der Waals surface area contributed by atoms with Crippen LogP contribution >= 0.6 is 0 Å². The van der Waals surface area contributed by atoms with Crippen molar-refractivity contribution < 1.29 is 35.6 Å². The van der Waals surface area contributed by atoms with Gasteiger partial charge in [-0.15, -0.1) is 0 Å². The van der Waals surface area contributed by atoms with Crippen molar-refractivity contribution in [2.75, 3.05) is 5.84 Å². The average molecular weight is 572 g/mol. The Labute approximate surface area is 230 Å². The summed E-state index contributed by atoms with van der Waals surface area (Å²) in [6.45, 7) is 10.2. The summed E-state index contributed by atoms with van der Waals surface area (Å²) < 4.78 is 66.6. The van der Waals surface area contributed by atoms with Gasteiger partial charge in [-0.2, -0.15) is 0 Å². The molecule has 3 N–H and O–H groups in total. The summed E-state index contributed by atoms with van der Waals surface area (Å²) >= 11 is 0. The Hall–Kier alpha value is -3.64. The number of benzene rings is 2. The number of nitrogens with two attached hydrogens (primary N) is 1. The van der Waals surface area contributed by atoms with Crippen molar-refractivity contribution in [3.63, 3.8) is 0 Å². The van der Waals surface area contributed by atoms with E-state index < -0.39 is 20.2 Å². The second-order valence-electron chi connectivity index (χ2n) is 9.13. The molecule has 2 aromatic carbocycles. The summed E-state index contributed by atoms with van der Waals surface area (Å²) in [4.78, 5) is 2.95. The highest BCUT2D eigenvalue weighted by Gasteiger charge is 2.14. The monoisotopic (exact) mass is 571 g/mol. The molecule has 208 valence electrons. The number of hydrogen-bond acceptors (Lipinski definition) is 7. The number of pyridine rings is 2. The molecule has 0 bridgehead atoms. The van der Waals surface area contributed by atoms with E-state index in [0.717, 1.165) is 22.5 Å². The third-order valence-corrected chi connectivity index (χ3v) is 7.87. The van der Waals surface area contributed by atoms with Crippen LogP contribution in [0.2, 0.25) is 0 Å². The number of aromatic amines is 1. The molecule has 0 spiro atoms. The molecule has 4 rings (SSSR count). The lowest BCUT2D eigenvalue weighted by Crippen LogP contribution is -2.46. The maximum Gasteiger partial charge on any atom is 0.305 e. The van der Waals surface area contributed by atoms with Crippen molar-refractivity contribution in [2.45, 2.75) is 51.3 Å². The van der Waals surface area contributed by atoms with E-state index in [0.29, 0.717) is 22.3 Å². The molecular weight excluding hydrogens is 538 g/mol. The molecular formula is C28H33N3O6S2. The maximum absolute atomic E-state index is 10.8. The van der Waals surface area contributed by atoms with E-state index in [1.54, 1.807) is 56.6 Å². The van der Waals surface area contributed by atoms with E-state index >= 15 is 0 Å². The first-order valence-corrected chi connectivity index (χ1v) is 14.6. The van der Waals surface area contributed by atoms with Crippen molar-refractivity contribution in [3.8, 4) is 11.4 Å². The minimum absolute atomic E-state index is 0.0851. The van der Waals surface area contributed by atoms with Gasteiger partial charge in [0.25, 0.3) is 5.69 Å². The Morgan fingerprint density at radius 3 is 1.41 bits per heavy atom. The first-order valence-electron chi connectivity index (χ1n) is 11.8. The molecule has 4 aromatic rings. The van der Waals surface area contributed by atoms with Crippen LogP contribution in [0.3, 0.4) is 0 Å². The number of nitrogens with one attached hydrogen (secondary N) is 1. The summed E-state index contributed by atoms with van der Waals surface area (Å²) in [6.07, 6.45) is 3.69. The normalized spacial score (nSPS) is 11.1. The summed E-state index contributed by atoms with van der Waals surface area (Å²) in [6, 6.07) is 18.5. The molecule has 0 aliphatic heterocycles. The smallest absolute Gasteiger partial charge is 0.305 e. The zero-order valence-electron chi connectivity index (χ0n) is 22.7.